The maximum absolute atomic E-state index is 12.2. The van der Waals surface area contributed by atoms with Crippen LogP contribution in [0.3, 0.4) is 0 Å². The minimum atomic E-state index is -0.281. The van der Waals surface area contributed by atoms with E-state index in [-0.39, 0.29) is 24.1 Å². The van der Waals surface area contributed by atoms with E-state index in [2.05, 4.69) is 0 Å². The van der Waals surface area contributed by atoms with E-state index in [0.29, 0.717) is 11.3 Å². The Morgan fingerprint density at radius 3 is 2.50 bits per heavy atom. The molecule has 0 saturated carbocycles. The van der Waals surface area contributed by atoms with Gasteiger partial charge in [-0.05, 0) is 37.1 Å². The summed E-state index contributed by atoms with van der Waals surface area (Å²) in [5.74, 6) is 0.408. The molecule has 3 rings (SSSR count). The predicted octanol–water partition coefficient (Wildman–Crippen LogP) is 3.72. The van der Waals surface area contributed by atoms with Crippen LogP contribution in [0.15, 0.2) is 36.4 Å². The van der Waals surface area contributed by atoms with Gasteiger partial charge in [0, 0.05) is 0 Å². The molecule has 20 heavy (non-hydrogen) atoms. The summed E-state index contributed by atoms with van der Waals surface area (Å²) >= 11 is 0. The van der Waals surface area contributed by atoms with Gasteiger partial charge in [-0.2, -0.15) is 0 Å². The molecule has 0 aromatic heterocycles. The summed E-state index contributed by atoms with van der Waals surface area (Å²) in [5, 5.41) is 9.90. The van der Waals surface area contributed by atoms with E-state index < -0.39 is 0 Å². The van der Waals surface area contributed by atoms with Crippen molar-refractivity contribution in [3.63, 3.8) is 0 Å². The molecule has 0 amide bonds. The van der Waals surface area contributed by atoms with Crippen molar-refractivity contribution < 1.29 is 14.6 Å². The standard InChI is InChI=1S/C17H16O3/c1-10-3-5-12(6-4-10)15-9-14(19)17-13(18)7-11(2)8-16(17)20-15/h3-8,15,18H,9H2,1-2H3. The van der Waals surface area contributed by atoms with Crippen molar-refractivity contribution in [2.24, 2.45) is 0 Å². The summed E-state index contributed by atoms with van der Waals surface area (Å²) in [6, 6.07) is 11.4. The predicted molar refractivity (Wildman–Crippen MR) is 76.3 cm³/mol. The maximum Gasteiger partial charge on any atom is 0.174 e. The lowest BCUT2D eigenvalue weighted by Crippen LogP contribution is -2.20. The molecule has 0 bridgehead atoms. The highest BCUT2D eigenvalue weighted by Gasteiger charge is 2.30. The highest BCUT2D eigenvalue weighted by Crippen LogP contribution is 2.39. The fourth-order valence-electron chi connectivity index (χ4n) is 2.54. The van der Waals surface area contributed by atoms with E-state index in [1.165, 1.54) is 5.56 Å². The molecule has 1 aliphatic heterocycles. The number of benzene rings is 2. The summed E-state index contributed by atoms with van der Waals surface area (Å²) < 4.78 is 5.91. The number of carbonyl (C=O) groups is 1. The number of phenols is 1. The van der Waals surface area contributed by atoms with Gasteiger partial charge < -0.3 is 9.84 Å². The number of phenolic OH excluding ortho intramolecular Hbond substituents is 1. The zero-order valence-electron chi connectivity index (χ0n) is 11.5. The molecule has 0 saturated heterocycles. The van der Waals surface area contributed by atoms with E-state index in [9.17, 15) is 9.90 Å². The summed E-state index contributed by atoms with van der Waals surface area (Å²) in [6.45, 7) is 3.89. The Hall–Kier alpha value is -2.29. The van der Waals surface area contributed by atoms with Crippen LogP contribution in [-0.2, 0) is 0 Å². The second kappa shape index (κ2) is 4.67. The molecule has 0 fully saturated rings. The molecule has 102 valence electrons. The largest absolute Gasteiger partial charge is 0.507 e. The normalized spacial score (nSPS) is 17.5. The SMILES string of the molecule is Cc1ccc(C2CC(=O)c3c(O)cc(C)cc3O2)cc1. The lowest BCUT2D eigenvalue weighted by atomic mass is 9.94. The summed E-state index contributed by atoms with van der Waals surface area (Å²) in [7, 11) is 0. The van der Waals surface area contributed by atoms with E-state index >= 15 is 0 Å². The highest BCUT2D eigenvalue weighted by molar-refractivity contribution is 6.02. The van der Waals surface area contributed by atoms with Gasteiger partial charge in [0.1, 0.15) is 23.2 Å². The molecule has 0 spiro atoms. The molecular formula is C17H16O3. The molecular weight excluding hydrogens is 252 g/mol. The fourth-order valence-corrected chi connectivity index (χ4v) is 2.54. The number of fused-ring (bicyclic) bond motifs is 1. The molecule has 3 heteroatoms. The molecule has 2 aromatic rings. The van der Waals surface area contributed by atoms with Crippen molar-refractivity contribution in [1.29, 1.82) is 0 Å². The number of ketones is 1. The number of ether oxygens (including phenoxy) is 1. The van der Waals surface area contributed by atoms with E-state index in [1.54, 1.807) is 12.1 Å². The molecule has 3 nitrogen and oxygen atoms in total. The van der Waals surface area contributed by atoms with Crippen LogP contribution in [-0.4, -0.2) is 10.9 Å². The van der Waals surface area contributed by atoms with Crippen LogP contribution < -0.4 is 4.74 Å². The van der Waals surface area contributed by atoms with Crippen molar-refractivity contribution in [1.82, 2.24) is 0 Å². The topological polar surface area (TPSA) is 46.5 Å². The highest BCUT2D eigenvalue weighted by atomic mass is 16.5. The minimum absolute atomic E-state index is 0.00681. The van der Waals surface area contributed by atoms with Gasteiger partial charge in [-0.1, -0.05) is 29.8 Å². The molecule has 2 aromatic carbocycles. The average Bonchev–Trinajstić information content (AvgIpc) is 2.38. The number of rotatable bonds is 1. The maximum atomic E-state index is 12.2. The Kier molecular flexibility index (Phi) is 2.97. The molecule has 1 atom stereocenters. The van der Waals surface area contributed by atoms with E-state index in [4.69, 9.17) is 4.74 Å². The molecule has 0 radical (unpaired) electrons. The van der Waals surface area contributed by atoms with Crippen molar-refractivity contribution in [3.05, 3.63) is 58.7 Å². The van der Waals surface area contributed by atoms with Crippen molar-refractivity contribution in [2.45, 2.75) is 26.4 Å². The third-order valence-electron chi connectivity index (χ3n) is 3.59. The molecule has 0 aliphatic carbocycles. The van der Waals surface area contributed by atoms with Crippen LogP contribution in [0.5, 0.6) is 11.5 Å². The van der Waals surface area contributed by atoms with Gasteiger partial charge in [0.15, 0.2) is 5.78 Å². The third-order valence-corrected chi connectivity index (χ3v) is 3.59. The van der Waals surface area contributed by atoms with Crippen LogP contribution in [0, 0.1) is 13.8 Å². The summed E-state index contributed by atoms with van der Waals surface area (Å²) in [5.41, 5.74) is 3.33. The van der Waals surface area contributed by atoms with Gasteiger partial charge in [-0.3, -0.25) is 4.79 Å². The van der Waals surface area contributed by atoms with Crippen LogP contribution in [0.1, 0.15) is 39.6 Å². The number of Topliss-reactive ketones (excluding diaryl/α,β-unsaturated/α-hetero) is 1. The van der Waals surface area contributed by atoms with Gasteiger partial charge in [-0.25, -0.2) is 0 Å². The number of hydrogen-bond acceptors (Lipinski definition) is 3. The first kappa shape index (κ1) is 12.7. The fraction of sp³-hybridized carbons (Fsp3) is 0.235. The monoisotopic (exact) mass is 268 g/mol. The summed E-state index contributed by atoms with van der Waals surface area (Å²) in [6.07, 6.45) is -0.0241. The number of hydrogen-bond donors (Lipinski definition) is 1. The first-order valence-corrected chi connectivity index (χ1v) is 6.64. The molecule has 1 heterocycles. The quantitative estimate of drug-likeness (QED) is 0.857. The Labute approximate surface area is 117 Å². The van der Waals surface area contributed by atoms with Gasteiger partial charge in [0.2, 0.25) is 0 Å². The van der Waals surface area contributed by atoms with Crippen LogP contribution in [0.25, 0.3) is 0 Å². The second-order valence-corrected chi connectivity index (χ2v) is 5.30. The Bertz CT molecular complexity index is 671. The van der Waals surface area contributed by atoms with Gasteiger partial charge >= 0.3 is 0 Å². The first-order chi connectivity index (χ1) is 9.54. The lowest BCUT2D eigenvalue weighted by Gasteiger charge is -2.26. The Morgan fingerprint density at radius 2 is 1.80 bits per heavy atom. The lowest BCUT2D eigenvalue weighted by molar-refractivity contribution is 0.0845. The zero-order valence-corrected chi connectivity index (χ0v) is 11.5. The summed E-state index contributed by atoms with van der Waals surface area (Å²) in [4.78, 5) is 12.2. The minimum Gasteiger partial charge on any atom is -0.507 e. The average molecular weight is 268 g/mol. The van der Waals surface area contributed by atoms with Crippen LogP contribution in [0.2, 0.25) is 0 Å². The number of aryl methyl sites for hydroxylation is 2. The Balaban J connectivity index is 2.00. The zero-order chi connectivity index (χ0) is 14.3. The Morgan fingerprint density at radius 1 is 1.10 bits per heavy atom. The van der Waals surface area contributed by atoms with Gasteiger partial charge in [0.25, 0.3) is 0 Å². The molecule has 1 N–H and O–H groups in total. The van der Waals surface area contributed by atoms with Crippen molar-refractivity contribution >= 4 is 5.78 Å². The van der Waals surface area contributed by atoms with Gasteiger partial charge in [-0.15, -0.1) is 0 Å². The third kappa shape index (κ3) is 2.16. The smallest absolute Gasteiger partial charge is 0.174 e. The van der Waals surface area contributed by atoms with E-state index in [1.807, 2.05) is 38.1 Å². The van der Waals surface area contributed by atoms with Crippen LogP contribution in [0.4, 0.5) is 0 Å². The van der Waals surface area contributed by atoms with Gasteiger partial charge in [0.05, 0.1) is 6.42 Å². The molecule has 1 aliphatic rings. The van der Waals surface area contributed by atoms with Crippen molar-refractivity contribution in [2.75, 3.05) is 0 Å². The van der Waals surface area contributed by atoms with Crippen LogP contribution >= 0.6 is 0 Å². The second-order valence-electron chi connectivity index (χ2n) is 5.30. The molecule has 1 unspecified atom stereocenters. The first-order valence-electron chi connectivity index (χ1n) is 6.64. The number of carbonyl (C=O) groups excluding carboxylic acids is 1. The number of aromatic hydroxyl groups is 1. The van der Waals surface area contributed by atoms with E-state index in [0.717, 1.165) is 11.1 Å². The van der Waals surface area contributed by atoms with Crippen molar-refractivity contribution in [3.8, 4) is 11.5 Å².